The zero-order chi connectivity index (χ0) is 27.0. The summed E-state index contributed by atoms with van der Waals surface area (Å²) >= 11 is 0. The van der Waals surface area contributed by atoms with Crippen LogP contribution in [0.15, 0.2) is 4.99 Å². The van der Waals surface area contributed by atoms with Crippen LogP contribution in [0, 0.1) is 0 Å². The number of carboxylic acids is 2. The van der Waals surface area contributed by atoms with E-state index in [-0.39, 0.29) is 31.8 Å². The minimum atomic E-state index is -1.62. The fraction of sp³-hybridized carbons (Fsp3) is 0.684. The fourth-order valence-electron chi connectivity index (χ4n) is 2.80. The van der Waals surface area contributed by atoms with Crippen molar-refractivity contribution >= 4 is 35.6 Å². The van der Waals surface area contributed by atoms with Crippen LogP contribution in [0.5, 0.6) is 0 Å². The number of hydrogen-bond donors (Lipinski definition) is 10. The molecule has 0 aliphatic carbocycles. The van der Waals surface area contributed by atoms with Crippen molar-refractivity contribution in [2.24, 2.45) is 27.9 Å². The molecule has 4 unspecified atom stereocenters. The van der Waals surface area contributed by atoms with Gasteiger partial charge in [0.05, 0.1) is 19.1 Å². The number of aliphatic hydroxyl groups excluding tert-OH is 1. The molecule has 0 aromatic carbocycles. The van der Waals surface area contributed by atoms with Crippen LogP contribution < -0.4 is 38.9 Å². The molecule has 0 saturated carbocycles. The lowest BCUT2D eigenvalue weighted by molar-refractivity contribution is -0.143. The summed E-state index contributed by atoms with van der Waals surface area (Å²) in [6.07, 6.45) is 0.762. The summed E-state index contributed by atoms with van der Waals surface area (Å²) < 4.78 is 0. The predicted octanol–water partition coefficient (Wildman–Crippen LogP) is -4.50. The molecule has 3 amide bonds. The van der Waals surface area contributed by atoms with Crippen molar-refractivity contribution in [1.29, 1.82) is 0 Å². The molecule has 35 heavy (non-hydrogen) atoms. The molecule has 0 saturated heterocycles. The van der Waals surface area contributed by atoms with Gasteiger partial charge in [0, 0.05) is 6.54 Å². The number of carbonyl (C=O) groups excluding carboxylic acids is 3. The SMILES string of the molecule is NCCCCC(N)C(=O)NC(CC(=O)O)C(=O)NC(CO)C(=O)NC(CCCN=C(N)N)C(=O)O. The maximum absolute atomic E-state index is 12.6. The average molecular weight is 505 g/mol. The number of rotatable bonds is 18. The molecular weight excluding hydrogens is 468 g/mol. The molecule has 0 aromatic heterocycles. The number of nitrogens with zero attached hydrogens (tertiary/aromatic N) is 1. The molecule has 0 bridgehead atoms. The van der Waals surface area contributed by atoms with Gasteiger partial charge in [-0.25, -0.2) is 4.79 Å². The first kappa shape index (κ1) is 31.5. The minimum Gasteiger partial charge on any atom is -0.481 e. The van der Waals surface area contributed by atoms with Gasteiger partial charge in [-0.3, -0.25) is 24.2 Å². The topological polar surface area (TPSA) is 299 Å². The van der Waals surface area contributed by atoms with E-state index in [0.29, 0.717) is 19.4 Å². The number of carboxylic acid groups (broad SMARTS) is 2. The van der Waals surface area contributed by atoms with Crippen molar-refractivity contribution in [2.45, 2.75) is 62.7 Å². The summed E-state index contributed by atoms with van der Waals surface area (Å²) in [6, 6.07) is -5.60. The number of aliphatic carboxylic acids is 2. The van der Waals surface area contributed by atoms with Gasteiger partial charge in [0.15, 0.2) is 5.96 Å². The monoisotopic (exact) mass is 504 g/mol. The lowest BCUT2D eigenvalue weighted by atomic mass is 10.1. The summed E-state index contributed by atoms with van der Waals surface area (Å²) in [6.45, 7) is -0.403. The minimum absolute atomic E-state index is 0.0519. The number of nitrogens with two attached hydrogens (primary N) is 4. The molecule has 0 spiro atoms. The number of hydrogen-bond acceptors (Lipinski definition) is 9. The highest BCUT2D eigenvalue weighted by molar-refractivity contribution is 5.95. The van der Waals surface area contributed by atoms with Crippen molar-refractivity contribution in [3.63, 3.8) is 0 Å². The first-order valence-corrected chi connectivity index (χ1v) is 10.9. The number of nitrogens with one attached hydrogen (secondary N) is 3. The summed E-state index contributed by atoms with van der Waals surface area (Å²) in [5, 5.41) is 34.4. The van der Waals surface area contributed by atoms with E-state index >= 15 is 0 Å². The quantitative estimate of drug-likeness (QED) is 0.0480. The van der Waals surface area contributed by atoms with Gasteiger partial charge in [0.2, 0.25) is 17.7 Å². The molecule has 0 aliphatic rings. The molecule has 0 aliphatic heterocycles. The molecule has 0 fully saturated rings. The standard InChI is InChI=1S/C19H36N8O8/c20-6-2-1-4-10(21)15(31)26-12(8-14(29)30)16(32)27-13(9-28)17(33)25-11(18(34)35)5-3-7-24-19(22)23/h10-13,28H,1-9,20-21H2,(H,25,33)(H,26,31)(H,27,32)(H,29,30)(H,34,35)(H4,22,23,24). The normalized spacial score (nSPS) is 14.0. The van der Waals surface area contributed by atoms with Crippen LogP contribution in [0.4, 0.5) is 0 Å². The molecule has 16 nitrogen and oxygen atoms in total. The second-order valence-corrected chi connectivity index (χ2v) is 7.64. The van der Waals surface area contributed by atoms with Crippen molar-refractivity contribution in [3.8, 4) is 0 Å². The Morgan fingerprint density at radius 3 is 1.89 bits per heavy atom. The summed E-state index contributed by atoms with van der Waals surface area (Å²) in [4.78, 5) is 63.5. The second-order valence-electron chi connectivity index (χ2n) is 7.64. The zero-order valence-electron chi connectivity index (χ0n) is 19.3. The highest BCUT2D eigenvalue weighted by Gasteiger charge is 2.31. The lowest BCUT2D eigenvalue weighted by Crippen LogP contribution is -2.58. The first-order valence-electron chi connectivity index (χ1n) is 10.9. The Balaban J connectivity index is 5.16. The highest BCUT2D eigenvalue weighted by Crippen LogP contribution is 2.03. The van der Waals surface area contributed by atoms with Crippen molar-refractivity contribution < 1.29 is 39.3 Å². The van der Waals surface area contributed by atoms with Crippen molar-refractivity contribution in [2.75, 3.05) is 19.7 Å². The van der Waals surface area contributed by atoms with Gasteiger partial charge >= 0.3 is 11.9 Å². The van der Waals surface area contributed by atoms with E-state index in [1.54, 1.807) is 0 Å². The summed E-state index contributed by atoms with van der Waals surface area (Å²) in [5.74, 6) is -5.86. The van der Waals surface area contributed by atoms with Crippen LogP contribution in [0.3, 0.4) is 0 Å². The van der Waals surface area contributed by atoms with E-state index in [1.165, 1.54) is 0 Å². The van der Waals surface area contributed by atoms with E-state index in [4.69, 9.17) is 28.0 Å². The molecule has 0 rings (SSSR count). The first-order chi connectivity index (χ1) is 16.4. The van der Waals surface area contributed by atoms with Gasteiger partial charge in [-0.05, 0) is 32.2 Å². The Morgan fingerprint density at radius 1 is 0.800 bits per heavy atom. The van der Waals surface area contributed by atoms with Crippen LogP contribution in [-0.4, -0.2) is 94.8 Å². The smallest absolute Gasteiger partial charge is 0.326 e. The van der Waals surface area contributed by atoms with Gasteiger partial charge in [0.1, 0.15) is 18.1 Å². The van der Waals surface area contributed by atoms with Gasteiger partial charge in [0.25, 0.3) is 0 Å². The summed E-state index contributed by atoms with van der Waals surface area (Å²) in [5.41, 5.74) is 21.5. The molecule has 0 aromatic rings. The van der Waals surface area contributed by atoms with Gasteiger partial charge in [-0.2, -0.15) is 0 Å². The zero-order valence-corrected chi connectivity index (χ0v) is 19.3. The Labute approximate surface area is 201 Å². The Kier molecular flexibility index (Phi) is 15.3. The molecule has 0 heterocycles. The third-order valence-corrected chi connectivity index (χ3v) is 4.69. The van der Waals surface area contributed by atoms with Crippen LogP contribution in [0.1, 0.15) is 38.5 Å². The average Bonchev–Trinajstić information content (AvgIpc) is 2.77. The van der Waals surface area contributed by atoms with E-state index in [0.717, 1.165) is 0 Å². The van der Waals surface area contributed by atoms with E-state index in [1.807, 2.05) is 0 Å². The maximum Gasteiger partial charge on any atom is 0.326 e. The number of aliphatic hydroxyl groups is 1. The summed E-state index contributed by atoms with van der Waals surface area (Å²) in [7, 11) is 0. The van der Waals surface area contributed by atoms with Gasteiger partial charge in [-0.1, -0.05) is 6.42 Å². The highest BCUT2D eigenvalue weighted by atomic mass is 16.4. The fourth-order valence-corrected chi connectivity index (χ4v) is 2.80. The van der Waals surface area contributed by atoms with Crippen LogP contribution >= 0.6 is 0 Å². The third kappa shape index (κ3) is 13.7. The lowest BCUT2D eigenvalue weighted by Gasteiger charge is -2.23. The van der Waals surface area contributed by atoms with E-state index in [2.05, 4.69) is 20.9 Å². The van der Waals surface area contributed by atoms with E-state index in [9.17, 15) is 34.2 Å². The second kappa shape index (κ2) is 17.0. The van der Waals surface area contributed by atoms with Gasteiger partial charge < -0.3 is 54.2 Å². The molecule has 14 N–H and O–H groups in total. The molecule has 0 radical (unpaired) electrons. The molecule has 4 atom stereocenters. The number of aliphatic imine (C=N–C) groups is 1. The molecule has 16 heteroatoms. The largest absolute Gasteiger partial charge is 0.481 e. The van der Waals surface area contributed by atoms with Crippen LogP contribution in [0.25, 0.3) is 0 Å². The van der Waals surface area contributed by atoms with E-state index < -0.39 is 66.9 Å². The Bertz CT molecular complexity index is 759. The predicted molar refractivity (Wildman–Crippen MR) is 124 cm³/mol. The van der Waals surface area contributed by atoms with Gasteiger partial charge in [-0.15, -0.1) is 0 Å². The maximum atomic E-state index is 12.6. The third-order valence-electron chi connectivity index (χ3n) is 4.69. The number of amides is 3. The Morgan fingerprint density at radius 2 is 1.37 bits per heavy atom. The molecule has 200 valence electrons. The van der Waals surface area contributed by atoms with Crippen molar-refractivity contribution in [1.82, 2.24) is 16.0 Å². The number of carbonyl (C=O) groups is 5. The number of unbranched alkanes of at least 4 members (excludes halogenated alkanes) is 1. The van der Waals surface area contributed by atoms with Crippen LogP contribution in [-0.2, 0) is 24.0 Å². The van der Waals surface area contributed by atoms with Crippen molar-refractivity contribution in [3.05, 3.63) is 0 Å². The Hall–Kier alpha value is -3.50. The molecular formula is C19H36N8O8. The van der Waals surface area contributed by atoms with Crippen LogP contribution in [0.2, 0.25) is 0 Å². The number of guanidine groups is 1.